The highest BCUT2D eigenvalue weighted by Gasteiger charge is 2.12. The van der Waals surface area contributed by atoms with Crippen LogP contribution in [0.15, 0.2) is 29.8 Å². The third-order valence-electron chi connectivity index (χ3n) is 3.19. The summed E-state index contributed by atoms with van der Waals surface area (Å²) in [6, 6.07) is 6.30. The number of aryl methyl sites for hydroxylation is 1. The Morgan fingerprint density at radius 1 is 1.41 bits per heavy atom. The van der Waals surface area contributed by atoms with Gasteiger partial charge in [0.15, 0.2) is 0 Å². The molecule has 6 nitrogen and oxygen atoms in total. The summed E-state index contributed by atoms with van der Waals surface area (Å²) in [5.74, 6) is -0.981. The highest BCUT2D eigenvalue weighted by Crippen LogP contribution is 2.14. The summed E-state index contributed by atoms with van der Waals surface area (Å²) in [7, 11) is 1.71. The smallest absolute Gasteiger partial charge is 0.335 e. The Labute approximate surface area is 132 Å². The number of hydrogen-bond donors (Lipinski definition) is 2. The average Bonchev–Trinajstić information content (AvgIpc) is 2.90. The molecule has 2 amide bonds. The molecule has 0 unspecified atom stereocenters. The van der Waals surface area contributed by atoms with Crippen LogP contribution in [-0.4, -0.2) is 34.0 Å². The summed E-state index contributed by atoms with van der Waals surface area (Å²) < 4.78 is 0. The summed E-state index contributed by atoms with van der Waals surface area (Å²) in [5.41, 5.74) is 3.64. The molecule has 1 aromatic carbocycles. The summed E-state index contributed by atoms with van der Waals surface area (Å²) in [4.78, 5) is 29.7. The quantitative estimate of drug-likeness (QED) is 0.887. The van der Waals surface area contributed by atoms with E-state index >= 15 is 0 Å². The van der Waals surface area contributed by atoms with E-state index in [1.54, 1.807) is 35.7 Å². The van der Waals surface area contributed by atoms with E-state index in [2.05, 4.69) is 10.3 Å². The number of benzene rings is 1. The standard InChI is InChI=1S/C15H17N3O3S/c1-10-13(22-9-17-10)8-18(2)15(21)16-7-11-4-3-5-12(6-11)14(19)20/h3-6,9H,7-8H2,1-2H3,(H,16,21)(H,19,20). The molecule has 0 aliphatic rings. The molecule has 0 fully saturated rings. The van der Waals surface area contributed by atoms with Gasteiger partial charge in [0.2, 0.25) is 0 Å². The van der Waals surface area contributed by atoms with E-state index in [0.29, 0.717) is 6.54 Å². The normalized spacial score (nSPS) is 10.3. The molecule has 2 aromatic rings. The summed E-state index contributed by atoms with van der Waals surface area (Å²) in [6.07, 6.45) is 0. The number of nitrogens with one attached hydrogen (secondary N) is 1. The number of nitrogens with zero attached hydrogens (tertiary/aromatic N) is 2. The summed E-state index contributed by atoms with van der Waals surface area (Å²) in [6.45, 7) is 2.69. The van der Waals surface area contributed by atoms with E-state index in [-0.39, 0.29) is 18.1 Å². The molecule has 22 heavy (non-hydrogen) atoms. The summed E-state index contributed by atoms with van der Waals surface area (Å²) >= 11 is 1.52. The van der Waals surface area contributed by atoms with E-state index in [9.17, 15) is 9.59 Å². The predicted molar refractivity (Wildman–Crippen MR) is 84.0 cm³/mol. The van der Waals surface area contributed by atoms with Crippen LogP contribution < -0.4 is 5.32 Å². The van der Waals surface area contributed by atoms with Crippen LogP contribution in [0.2, 0.25) is 0 Å². The van der Waals surface area contributed by atoms with Gasteiger partial charge in [-0.25, -0.2) is 14.6 Å². The molecule has 1 aromatic heterocycles. The van der Waals surface area contributed by atoms with Gasteiger partial charge in [-0.2, -0.15) is 0 Å². The Hall–Kier alpha value is -2.41. The molecular weight excluding hydrogens is 302 g/mol. The van der Waals surface area contributed by atoms with E-state index in [4.69, 9.17) is 5.11 Å². The Bertz CT molecular complexity index is 684. The number of urea groups is 1. The van der Waals surface area contributed by atoms with Crippen molar-refractivity contribution in [2.24, 2.45) is 0 Å². The minimum absolute atomic E-state index is 0.209. The second kappa shape index (κ2) is 7.04. The second-order valence-electron chi connectivity index (χ2n) is 4.88. The van der Waals surface area contributed by atoms with Gasteiger partial charge in [-0.05, 0) is 24.6 Å². The number of thiazole rings is 1. The summed E-state index contributed by atoms with van der Waals surface area (Å²) in [5, 5.41) is 11.7. The molecule has 0 bridgehead atoms. The third kappa shape index (κ3) is 4.05. The van der Waals surface area contributed by atoms with Crippen LogP contribution in [0, 0.1) is 6.92 Å². The number of carboxylic acids is 1. The molecule has 0 radical (unpaired) electrons. The van der Waals surface area contributed by atoms with Crippen molar-refractivity contribution in [3.05, 3.63) is 51.5 Å². The SMILES string of the molecule is Cc1ncsc1CN(C)C(=O)NCc1cccc(C(=O)O)c1. The molecule has 1 heterocycles. The average molecular weight is 319 g/mol. The van der Waals surface area contributed by atoms with Crippen molar-refractivity contribution in [1.29, 1.82) is 0 Å². The van der Waals surface area contributed by atoms with Gasteiger partial charge in [0.05, 0.1) is 23.3 Å². The van der Waals surface area contributed by atoms with Crippen LogP contribution in [0.5, 0.6) is 0 Å². The van der Waals surface area contributed by atoms with Gasteiger partial charge in [-0.1, -0.05) is 12.1 Å². The molecule has 0 aliphatic carbocycles. The van der Waals surface area contributed by atoms with E-state index < -0.39 is 5.97 Å². The van der Waals surface area contributed by atoms with Gasteiger partial charge in [-0.3, -0.25) is 0 Å². The fourth-order valence-electron chi connectivity index (χ4n) is 1.89. The van der Waals surface area contributed by atoms with E-state index in [1.807, 2.05) is 6.92 Å². The van der Waals surface area contributed by atoms with Crippen molar-refractivity contribution in [2.45, 2.75) is 20.0 Å². The fourth-order valence-corrected chi connectivity index (χ4v) is 2.72. The predicted octanol–water partition coefficient (Wildman–Crippen LogP) is 2.49. The zero-order valence-corrected chi connectivity index (χ0v) is 13.2. The zero-order chi connectivity index (χ0) is 16.1. The molecule has 7 heteroatoms. The Balaban J connectivity index is 1.91. The number of aromatic nitrogens is 1. The van der Waals surface area contributed by atoms with Crippen LogP contribution in [0.3, 0.4) is 0 Å². The van der Waals surface area contributed by atoms with Crippen LogP contribution in [0.25, 0.3) is 0 Å². The molecule has 2 N–H and O–H groups in total. The number of rotatable bonds is 5. The number of carbonyl (C=O) groups excluding carboxylic acids is 1. The topological polar surface area (TPSA) is 82.5 Å². The number of amides is 2. The maximum absolute atomic E-state index is 12.1. The first-order chi connectivity index (χ1) is 10.5. The fraction of sp³-hybridized carbons (Fsp3) is 0.267. The van der Waals surface area contributed by atoms with Crippen molar-refractivity contribution in [1.82, 2.24) is 15.2 Å². The first kappa shape index (κ1) is 16.0. The highest BCUT2D eigenvalue weighted by atomic mass is 32.1. The lowest BCUT2D eigenvalue weighted by Crippen LogP contribution is -2.36. The van der Waals surface area contributed by atoms with Gasteiger partial charge in [0.25, 0.3) is 0 Å². The lowest BCUT2D eigenvalue weighted by atomic mass is 10.1. The zero-order valence-electron chi connectivity index (χ0n) is 12.4. The molecule has 0 atom stereocenters. The maximum Gasteiger partial charge on any atom is 0.335 e. The molecule has 116 valence electrons. The van der Waals surface area contributed by atoms with Crippen molar-refractivity contribution in [3.8, 4) is 0 Å². The van der Waals surface area contributed by atoms with Gasteiger partial charge < -0.3 is 15.3 Å². The van der Waals surface area contributed by atoms with Crippen LogP contribution in [-0.2, 0) is 13.1 Å². The van der Waals surface area contributed by atoms with Crippen molar-refractivity contribution in [2.75, 3.05) is 7.05 Å². The van der Waals surface area contributed by atoms with Gasteiger partial charge in [0, 0.05) is 18.5 Å². The minimum Gasteiger partial charge on any atom is -0.478 e. The third-order valence-corrected chi connectivity index (χ3v) is 4.11. The Kier molecular flexibility index (Phi) is 5.11. The van der Waals surface area contributed by atoms with E-state index in [1.165, 1.54) is 17.4 Å². The number of aromatic carboxylic acids is 1. The Morgan fingerprint density at radius 3 is 2.82 bits per heavy atom. The van der Waals surface area contributed by atoms with Gasteiger partial charge in [0.1, 0.15) is 0 Å². The first-order valence-corrected chi connectivity index (χ1v) is 7.55. The van der Waals surface area contributed by atoms with Gasteiger partial charge in [-0.15, -0.1) is 11.3 Å². The highest BCUT2D eigenvalue weighted by molar-refractivity contribution is 7.09. The monoisotopic (exact) mass is 319 g/mol. The van der Waals surface area contributed by atoms with Gasteiger partial charge >= 0.3 is 12.0 Å². The molecule has 0 aliphatic heterocycles. The van der Waals surface area contributed by atoms with Crippen LogP contribution in [0.4, 0.5) is 4.79 Å². The van der Waals surface area contributed by atoms with Crippen molar-refractivity contribution < 1.29 is 14.7 Å². The van der Waals surface area contributed by atoms with Crippen molar-refractivity contribution in [3.63, 3.8) is 0 Å². The first-order valence-electron chi connectivity index (χ1n) is 6.67. The lowest BCUT2D eigenvalue weighted by Gasteiger charge is -2.17. The van der Waals surface area contributed by atoms with Crippen LogP contribution in [0.1, 0.15) is 26.5 Å². The largest absolute Gasteiger partial charge is 0.478 e. The lowest BCUT2D eigenvalue weighted by molar-refractivity contribution is 0.0696. The molecule has 0 saturated heterocycles. The van der Waals surface area contributed by atoms with Crippen LogP contribution >= 0.6 is 11.3 Å². The minimum atomic E-state index is -0.981. The maximum atomic E-state index is 12.1. The van der Waals surface area contributed by atoms with Crippen molar-refractivity contribution >= 4 is 23.3 Å². The molecule has 0 saturated carbocycles. The van der Waals surface area contributed by atoms with E-state index in [0.717, 1.165) is 16.1 Å². The number of carboxylic acid groups (broad SMARTS) is 1. The second-order valence-corrected chi connectivity index (χ2v) is 5.82. The molecule has 2 rings (SSSR count). The number of hydrogen-bond acceptors (Lipinski definition) is 4. The Morgan fingerprint density at radius 2 is 2.18 bits per heavy atom. The molecule has 0 spiro atoms. The molecular formula is C15H17N3O3S. The number of carbonyl (C=O) groups is 2.